The van der Waals surface area contributed by atoms with Gasteiger partial charge in [0.15, 0.2) is 0 Å². The van der Waals surface area contributed by atoms with Gasteiger partial charge in [0.1, 0.15) is 5.82 Å². The summed E-state index contributed by atoms with van der Waals surface area (Å²) in [5.41, 5.74) is 0.335. The summed E-state index contributed by atoms with van der Waals surface area (Å²) in [7, 11) is 0. The predicted molar refractivity (Wildman–Crippen MR) is 73.7 cm³/mol. The van der Waals surface area contributed by atoms with Crippen LogP contribution in [0.2, 0.25) is 0 Å². The largest absolute Gasteiger partial charge is 0.416 e. The third-order valence-corrected chi connectivity index (χ3v) is 3.19. The normalized spacial score (nSPS) is 13.2. The van der Waals surface area contributed by atoms with Gasteiger partial charge in [-0.2, -0.15) is 13.2 Å². The molecule has 2 aromatic rings. The number of rotatable bonds is 2. The molecule has 0 saturated heterocycles. The van der Waals surface area contributed by atoms with Crippen molar-refractivity contribution in [2.24, 2.45) is 0 Å². The molecular formula is C15H19F3N2. The van der Waals surface area contributed by atoms with Gasteiger partial charge >= 0.3 is 6.18 Å². The highest BCUT2D eigenvalue weighted by Gasteiger charge is 2.31. The molecule has 110 valence electrons. The minimum atomic E-state index is -4.33. The number of hydrogen-bond acceptors (Lipinski definition) is 1. The van der Waals surface area contributed by atoms with E-state index in [1.807, 2.05) is 32.3 Å². The maximum Gasteiger partial charge on any atom is 0.416 e. The van der Waals surface area contributed by atoms with Crippen molar-refractivity contribution in [1.82, 2.24) is 9.55 Å². The molecule has 0 saturated carbocycles. The van der Waals surface area contributed by atoms with E-state index in [1.165, 1.54) is 6.07 Å². The van der Waals surface area contributed by atoms with E-state index in [2.05, 4.69) is 4.98 Å². The molecule has 0 unspecified atom stereocenters. The Labute approximate surface area is 116 Å². The van der Waals surface area contributed by atoms with Gasteiger partial charge < -0.3 is 4.57 Å². The molecule has 5 heteroatoms. The Hall–Kier alpha value is -1.52. The van der Waals surface area contributed by atoms with Crippen LogP contribution in [-0.4, -0.2) is 9.55 Å². The molecular weight excluding hydrogens is 265 g/mol. The van der Waals surface area contributed by atoms with Gasteiger partial charge in [0, 0.05) is 12.0 Å². The third-order valence-electron chi connectivity index (χ3n) is 3.19. The summed E-state index contributed by atoms with van der Waals surface area (Å²) in [6, 6.07) is 3.79. The third kappa shape index (κ3) is 2.67. The number of nitrogens with zero attached hydrogens (tertiary/aromatic N) is 2. The molecule has 0 aliphatic rings. The Bertz CT molecular complexity index is 618. The molecule has 2 rings (SSSR count). The van der Waals surface area contributed by atoms with Crippen molar-refractivity contribution in [3.05, 3.63) is 29.6 Å². The fourth-order valence-corrected chi connectivity index (χ4v) is 2.33. The highest BCUT2D eigenvalue weighted by molar-refractivity contribution is 5.77. The summed E-state index contributed by atoms with van der Waals surface area (Å²) < 4.78 is 40.3. The van der Waals surface area contributed by atoms with Crippen molar-refractivity contribution >= 4 is 11.0 Å². The summed E-state index contributed by atoms with van der Waals surface area (Å²) >= 11 is 0. The summed E-state index contributed by atoms with van der Waals surface area (Å²) in [6.07, 6.45) is -3.42. The van der Waals surface area contributed by atoms with Crippen LogP contribution in [0.4, 0.5) is 13.2 Å². The summed E-state index contributed by atoms with van der Waals surface area (Å²) in [4.78, 5) is 4.44. The lowest BCUT2D eigenvalue weighted by atomic mass is 9.95. The molecule has 1 heterocycles. The van der Waals surface area contributed by atoms with Gasteiger partial charge in [0.05, 0.1) is 16.6 Å². The topological polar surface area (TPSA) is 17.8 Å². The van der Waals surface area contributed by atoms with Crippen molar-refractivity contribution in [1.29, 1.82) is 0 Å². The van der Waals surface area contributed by atoms with Gasteiger partial charge in [0.2, 0.25) is 0 Å². The van der Waals surface area contributed by atoms with Crippen LogP contribution in [0.3, 0.4) is 0 Å². The van der Waals surface area contributed by atoms with Crippen molar-refractivity contribution in [2.45, 2.75) is 52.3 Å². The van der Waals surface area contributed by atoms with Gasteiger partial charge in [-0.15, -0.1) is 0 Å². The Morgan fingerprint density at radius 1 is 1.15 bits per heavy atom. The van der Waals surface area contributed by atoms with Gasteiger partial charge in [0.25, 0.3) is 0 Å². The molecule has 0 radical (unpaired) electrons. The lowest BCUT2D eigenvalue weighted by molar-refractivity contribution is -0.137. The number of alkyl halides is 3. The standard InChI is InChI=1S/C15H19F3N2/c1-5-8-20-12-7-6-10(15(16,17)18)9-11(12)19-13(20)14(2,3)4/h6-7,9H,5,8H2,1-4H3. The molecule has 0 amide bonds. The number of fused-ring (bicyclic) bond motifs is 1. The van der Waals surface area contributed by atoms with Crippen LogP contribution in [0.5, 0.6) is 0 Å². The van der Waals surface area contributed by atoms with E-state index in [4.69, 9.17) is 0 Å². The Kier molecular flexibility index (Phi) is 3.56. The highest BCUT2D eigenvalue weighted by Crippen LogP contribution is 2.33. The average Bonchev–Trinajstić information content (AvgIpc) is 2.67. The molecule has 20 heavy (non-hydrogen) atoms. The van der Waals surface area contributed by atoms with Gasteiger partial charge in [-0.05, 0) is 24.6 Å². The fourth-order valence-electron chi connectivity index (χ4n) is 2.33. The van der Waals surface area contributed by atoms with Crippen LogP contribution in [0.15, 0.2) is 18.2 Å². The summed E-state index contributed by atoms with van der Waals surface area (Å²) in [6.45, 7) is 8.86. The van der Waals surface area contributed by atoms with Crippen LogP contribution in [0, 0.1) is 0 Å². The first-order valence-corrected chi connectivity index (χ1v) is 6.72. The van der Waals surface area contributed by atoms with Crippen LogP contribution < -0.4 is 0 Å². The fraction of sp³-hybridized carbons (Fsp3) is 0.533. The van der Waals surface area contributed by atoms with Crippen LogP contribution in [-0.2, 0) is 18.1 Å². The first kappa shape index (κ1) is 14.9. The zero-order chi connectivity index (χ0) is 15.1. The zero-order valence-electron chi connectivity index (χ0n) is 12.2. The van der Waals surface area contributed by atoms with E-state index in [-0.39, 0.29) is 5.41 Å². The Morgan fingerprint density at radius 2 is 1.80 bits per heavy atom. The molecule has 0 fully saturated rings. The van der Waals surface area contributed by atoms with E-state index in [0.29, 0.717) is 5.52 Å². The molecule has 0 spiro atoms. The molecule has 0 N–H and O–H groups in total. The minimum Gasteiger partial charge on any atom is -0.328 e. The lowest BCUT2D eigenvalue weighted by Gasteiger charge is -2.19. The molecule has 2 nitrogen and oxygen atoms in total. The average molecular weight is 284 g/mol. The zero-order valence-corrected chi connectivity index (χ0v) is 12.2. The summed E-state index contributed by atoms with van der Waals surface area (Å²) in [5, 5.41) is 0. The number of benzene rings is 1. The van der Waals surface area contributed by atoms with Crippen molar-refractivity contribution in [2.75, 3.05) is 0 Å². The molecule has 0 bridgehead atoms. The Morgan fingerprint density at radius 3 is 2.30 bits per heavy atom. The van der Waals surface area contributed by atoms with E-state index in [1.54, 1.807) is 0 Å². The molecule has 1 aromatic carbocycles. The molecule has 1 aromatic heterocycles. The molecule has 0 aliphatic carbocycles. The Balaban J connectivity index is 2.67. The monoisotopic (exact) mass is 284 g/mol. The van der Waals surface area contributed by atoms with E-state index in [9.17, 15) is 13.2 Å². The second-order valence-corrected chi connectivity index (χ2v) is 6.04. The van der Waals surface area contributed by atoms with Crippen LogP contribution >= 0.6 is 0 Å². The lowest BCUT2D eigenvalue weighted by Crippen LogP contribution is -2.19. The second-order valence-electron chi connectivity index (χ2n) is 6.04. The maximum atomic E-state index is 12.8. The quantitative estimate of drug-likeness (QED) is 0.777. The highest BCUT2D eigenvalue weighted by atomic mass is 19.4. The van der Waals surface area contributed by atoms with E-state index >= 15 is 0 Å². The number of aryl methyl sites for hydroxylation is 1. The van der Waals surface area contributed by atoms with Gasteiger partial charge in [-0.25, -0.2) is 4.98 Å². The summed E-state index contributed by atoms with van der Waals surface area (Å²) in [5.74, 6) is 0.827. The number of halogens is 3. The van der Waals surface area contributed by atoms with Crippen molar-refractivity contribution in [3.63, 3.8) is 0 Å². The predicted octanol–water partition coefficient (Wildman–Crippen LogP) is 4.76. The number of hydrogen-bond donors (Lipinski definition) is 0. The number of imidazole rings is 1. The van der Waals surface area contributed by atoms with Gasteiger partial charge in [-0.1, -0.05) is 27.7 Å². The first-order chi connectivity index (χ1) is 9.14. The smallest absolute Gasteiger partial charge is 0.328 e. The molecule has 0 atom stereocenters. The minimum absolute atomic E-state index is 0.202. The van der Waals surface area contributed by atoms with Crippen molar-refractivity contribution in [3.8, 4) is 0 Å². The second kappa shape index (κ2) is 4.79. The van der Waals surface area contributed by atoms with Crippen molar-refractivity contribution < 1.29 is 13.2 Å². The SMILES string of the molecule is CCCn1c(C(C)(C)C)nc2cc(C(F)(F)F)ccc21. The van der Waals surface area contributed by atoms with Crippen LogP contribution in [0.25, 0.3) is 11.0 Å². The molecule has 0 aliphatic heterocycles. The van der Waals surface area contributed by atoms with E-state index in [0.717, 1.165) is 36.4 Å². The number of aromatic nitrogens is 2. The van der Waals surface area contributed by atoms with Gasteiger partial charge in [-0.3, -0.25) is 0 Å². The van der Waals surface area contributed by atoms with Crippen LogP contribution in [0.1, 0.15) is 45.5 Å². The first-order valence-electron chi connectivity index (χ1n) is 6.72. The maximum absolute atomic E-state index is 12.8. The van der Waals surface area contributed by atoms with E-state index < -0.39 is 11.7 Å².